The molecule has 2 amide bonds. The molecule has 2 N–H and O–H groups in total. The van der Waals surface area contributed by atoms with Crippen LogP contribution in [-0.4, -0.2) is 77.1 Å². The van der Waals surface area contributed by atoms with Crippen molar-refractivity contribution in [3.05, 3.63) is 59.8 Å². The number of benzene rings is 1. The zero-order chi connectivity index (χ0) is 24.4. The zero-order valence-electron chi connectivity index (χ0n) is 19.6. The molecule has 0 radical (unpaired) electrons. The van der Waals surface area contributed by atoms with Gasteiger partial charge in [0.25, 0.3) is 5.91 Å². The lowest BCUT2D eigenvalue weighted by Gasteiger charge is -2.22. The number of pyridine rings is 1. The van der Waals surface area contributed by atoms with Crippen LogP contribution in [0.15, 0.2) is 47.5 Å². The van der Waals surface area contributed by atoms with Gasteiger partial charge in [-0.25, -0.2) is 9.97 Å². The smallest absolute Gasteiger partial charge is 0.291 e. The predicted molar refractivity (Wildman–Crippen MR) is 133 cm³/mol. The fourth-order valence-corrected chi connectivity index (χ4v) is 5.38. The minimum Gasteiger partial charge on any atom is -0.380 e. The Morgan fingerprint density at radius 1 is 1.31 bits per heavy atom. The second kappa shape index (κ2) is 10.0. The molecule has 2 aromatic heterocycles. The normalized spacial score (nSPS) is 20.0. The second-order valence-electron chi connectivity index (χ2n) is 8.61. The number of hydrogen-bond donors (Lipinski definition) is 2. The van der Waals surface area contributed by atoms with E-state index in [1.165, 1.54) is 11.8 Å². The predicted octanol–water partition coefficient (Wildman–Crippen LogP) is 1.88. The number of carbonyl (C=O) groups is 2. The monoisotopic (exact) mass is 493 g/mol. The number of thioether (sulfide) groups is 1. The van der Waals surface area contributed by atoms with Crippen LogP contribution in [0, 0.1) is 0 Å². The summed E-state index contributed by atoms with van der Waals surface area (Å²) in [5.41, 5.74) is 1.79. The third kappa shape index (κ3) is 5.01. The fourth-order valence-electron chi connectivity index (χ4n) is 4.28. The van der Waals surface area contributed by atoms with E-state index in [1.54, 1.807) is 25.3 Å². The molecule has 5 rings (SSSR count). The molecule has 11 heteroatoms. The van der Waals surface area contributed by atoms with Gasteiger partial charge < -0.3 is 19.9 Å². The van der Waals surface area contributed by atoms with Crippen LogP contribution >= 0.6 is 11.8 Å². The summed E-state index contributed by atoms with van der Waals surface area (Å²) < 4.78 is 5.47. The summed E-state index contributed by atoms with van der Waals surface area (Å²) in [6.07, 6.45) is 3.43. The first-order valence-electron chi connectivity index (χ1n) is 11.5. The Morgan fingerprint density at radius 3 is 2.91 bits per heavy atom. The number of fused-ring (bicyclic) bond motifs is 1. The minimum absolute atomic E-state index is 0.0174. The van der Waals surface area contributed by atoms with E-state index < -0.39 is 11.9 Å². The molecule has 35 heavy (non-hydrogen) atoms. The first kappa shape index (κ1) is 23.3. The summed E-state index contributed by atoms with van der Waals surface area (Å²) in [5.74, 6) is 1.17. The lowest BCUT2D eigenvalue weighted by atomic mass is 10.1. The van der Waals surface area contributed by atoms with Crippen molar-refractivity contribution in [2.24, 2.45) is 0 Å². The van der Waals surface area contributed by atoms with Crippen molar-refractivity contribution < 1.29 is 14.3 Å². The lowest BCUT2D eigenvalue weighted by Crippen LogP contribution is -2.48. The van der Waals surface area contributed by atoms with Crippen LogP contribution in [0.25, 0.3) is 0 Å². The molecule has 0 saturated carbocycles. The second-order valence-corrected chi connectivity index (χ2v) is 9.67. The molecule has 2 atom stereocenters. The van der Waals surface area contributed by atoms with E-state index >= 15 is 0 Å². The van der Waals surface area contributed by atoms with Crippen LogP contribution in [0.4, 0.5) is 11.5 Å². The number of rotatable bonds is 6. The van der Waals surface area contributed by atoms with Crippen LogP contribution in [0.3, 0.4) is 0 Å². The van der Waals surface area contributed by atoms with Crippen LogP contribution in [0.2, 0.25) is 0 Å². The van der Waals surface area contributed by atoms with Crippen LogP contribution in [-0.2, 0) is 16.0 Å². The Balaban J connectivity index is 1.26. The molecule has 0 bridgehead atoms. The van der Waals surface area contributed by atoms with Crippen LogP contribution in [0.1, 0.15) is 28.4 Å². The van der Waals surface area contributed by atoms with Crippen molar-refractivity contribution in [3.63, 3.8) is 0 Å². The number of hydrogen-bond acceptors (Lipinski definition) is 8. The average molecular weight is 494 g/mol. The van der Waals surface area contributed by atoms with Gasteiger partial charge in [-0.05, 0) is 18.1 Å². The Kier molecular flexibility index (Phi) is 6.69. The SMILES string of the molecule is CO[C@H]1CCN(c2cc3c(cn2)N(C)C(=O)[C@@H](NC(=O)c2n[nH]c(Cc4ccccc4)n2)CS3)C1. The van der Waals surface area contributed by atoms with E-state index in [0.717, 1.165) is 41.5 Å². The van der Waals surface area contributed by atoms with Gasteiger partial charge in [0.05, 0.1) is 18.0 Å². The number of methoxy groups -OCH3 is 1. The molecular weight excluding hydrogens is 466 g/mol. The first-order chi connectivity index (χ1) is 17.0. The zero-order valence-corrected chi connectivity index (χ0v) is 20.4. The minimum atomic E-state index is -0.714. The summed E-state index contributed by atoms with van der Waals surface area (Å²) in [6, 6.07) is 11.1. The van der Waals surface area contributed by atoms with Crippen molar-refractivity contribution in [3.8, 4) is 0 Å². The first-order valence-corrected chi connectivity index (χ1v) is 12.4. The fraction of sp³-hybridized carbons (Fsp3) is 0.375. The standard InChI is InChI=1S/C24H27N7O3S/c1-30-18-12-25-21(31-9-8-16(13-31)34-2)11-19(18)35-14-17(24(30)33)26-23(32)22-27-20(28-29-22)10-15-6-4-3-5-7-15/h3-7,11-12,16-17H,8-10,13-14H2,1-2H3,(H,26,32)(H,27,28,29)/t16-,17-/m0/s1. The van der Waals surface area contributed by atoms with Crippen molar-refractivity contribution >= 4 is 35.1 Å². The maximum Gasteiger partial charge on any atom is 0.291 e. The number of aromatic nitrogens is 4. The Hall–Kier alpha value is -3.44. The Labute approximate surface area is 207 Å². The average Bonchev–Trinajstić information content (AvgIpc) is 3.54. The summed E-state index contributed by atoms with van der Waals surface area (Å²) in [6.45, 7) is 1.68. The molecule has 4 heterocycles. The number of carbonyl (C=O) groups excluding carboxylic acids is 2. The number of amides is 2. The maximum absolute atomic E-state index is 13.1. The van der Waals surface area contributed by atoms with Gasteiger partial charge in [0, 0.05) is 44.3 Å². The third-order valence-corrected chi connectivity index (χ3v) is 7.42. The molecule has 182 valence electrons. The topological polar surface area (TPSA) is 116 Å². The molecule has 1 saturated heterocycles. The van der Waals surface area contributed by atoms with Gasteiger partial charge in [-0.1, -0.05) is 30.3 Å². The van der Waals surface area contributed by atoms with Crippen molar-refractivity contribution in [1.82, 2.24) is 25.5 Å². The summed E-state index contributed by atoms with van der Waals surface area (Å²) in [7, 11) is 3.43. The van der Waals surface area contributed by atoms with Crippen LogP contribution in [0.5, 0.6) is 0 Å². The van der Waals surface area contributed by atoms with E-state index in [9.17, 15) is 9.59 Å². The van der Waals surface area contributed by atoms with Crippen molar-refractivity contribution in [1.29, 1.82) is 0 Å². The molecule has 1 aromatic carbocycles. The maximum atomic E-state index is 13.1. The third-order valence-electron chi connectivity index (χ3n) is 6.28. The number of nitrogens with zero attached hydrogens (tertiary/aromatic N) is 5. The van der Waals surface area contributed by atoms with E-state index in [1.807, 2.05) is 36.4 Å². The van der Waals surface area contributed by atoms with E-state index in [-0.39, 0.29) is 17.8 Å². The molecule has 3 aromatic rings. The number of nitrogens with one attached hydrogen (secondary N) is 2. The highest BCUT2D eigenvalue weighted by Crippen LogP contribution is 2.36. The lowest BCUT2D eigenvalue weighted by molar-refractivity contribution is -0.119. The highest BCUT2D eigenvalue weighted by molar-refractivity contribution is 7.99. The Morgan fingerprint density at radius 2 is 2.14 bits per heavy atom. The molecule has 0 aliphatic carbocycles. The summed E-state index contributed by atoms with van der Waals surface area (Å²) in [4.78, 5) is 39.6. The Bertz CT molecular complexity index is 1220. The number of aromatic amines is 1. The molecule has 1 fully saturated rings. The molecule has 10 nitrogen and oxygen atoms in total. The number of anilines is 2. The van der Waals surface area contributed by atoms with Gasteiger partial charge in [-0.15, -0.1) is 16.9 Å². The van der Waals surface area contributed by atoms with Gasteiger partial charge in [-0.3, -0.25) is 14.7 Å². The van der Waals surface area contributed by atoms with Gasteiger partial charge in [-0.2, -0.15) is 0 Å². The van der Waals surface area contributed by atoms with Crippen LogP contribution < -0.4 is 15.1 Å². The molecule has 2 aliphatic heterocycles. The number of H-pyrrole nitrogens is 1. The summed E-state index contributed by atoms with van der Waals surface area (Å²) >= 11 is 1.53. The molecule has 2 aliphatic rings. The molecular formula is C24H27N7O3S. The van der Waals surface area contributed by atoms with Gasteiger partial charge in [0.15, 0.2) is 0 Å². The molecule has 0 spiro atoms. The number of likely N-dealkylation sites (N-methyl/N-ethyl adjacent to an activating group) is 1. The van der Waals surface area contributed by atoms with E-state index in [0.29, 0.717) is 18.0 Å². The highest BCUT2D eigenvalue weighted by Gasteiger charge is 2.32. The van der Waals surface area contributed by atoms with E-state index in [2.05, 4.69) is 30.4 Å². The largest absolute Gasteiger partial charge is 0.380 e. The van der Waals surface area contributed by atoms with E-state index in [4.69, 9.17) is 4.74 Å². The van der Waals surface area contributed by atoms with Gasteiger partial charge in [0.1, 0.15) is 17.7 Å². The molecule has 0 unspecified atom stereocenters. The van der Waals surface area contributed by atoms with Crippen molar-refractivity contribution in [2.75, 3.05) is 42.8 Å². The number of ether oxygens (including phenoxy) is 1. The van der Waals surface area contributed by atoms with Gasteiger partial charge in [0.2, 0.25) is 11.7 Å². The quantitative estimate of drug-likeness (QED) is 0.535. The summed E-state index contributed by atoms with van der Waals surface area (Å²) in [5, 5.41) is 9.67. The highest BCUT2D eigenvalue weighted by atomic mass is 32.2. The van der Waals surface area contributed by atoms with Crippen molar-refractivity contribution in [2.45, 2.75) is 29.9 Å². The van der Waals surface area contributed by atoms with Gasteiger partial charge >= 0.3 is 0 Å².